The van der Waals surface area contributed by atoms with Crippen molar-refractivity contribution < 1.29 is 61.2 Å². The van der Waals surface area contributed by atoms with Gasteiger partial charge in [-0.1, -0.05) is 42.5 Å². The summed E-state index contributed by atoms with van der Waals surface area (Å²) in [6.07, 6.45) is -4.69. The van der Waals surface area contributed by atoms with Gasteiger partial charge in [-0.25, -0.2) is 40.7 Å². The van der Waals surface area contributed by atoms with Gasteiger partial charge in [0, 0.05) is 36.2 Å². The number of hydrazine groups is 4. The average Bonchev–Trinajstić information content (AvgIpc) is 3.64. The minimum absolute atomic E-state index is 0.0142. The number of nitrogens with one attached hydrogen (secondary N) is 1. The van der Waals surface area contributed by atoms with Crippen LogP contribution in [0.2, 0.25) is 0 Å². The number of halogens is 3. The maximum absolute atomic E-state index is 14.2. The first-order valence-corrected chi connectivity index (χ1v) is 17.2. The molecule has 3 heterocycles. The van der Waals surface area contributed by atoms with E-state index in [2.05, 4.69) is 5.43 Å². The number of para-hydroxylation sites is 1. The Kier molecular flexibility index (Phi) is 10.5. The van der Waals surface area contributed by atoms with Gasteiger partial charge in [-0.2, -0.15) is 13.2 Å². The minimum atomic E-state index is -5.48. The lowest BCUT2D eigenvalue weighted by molar-refractivity contribution is -0.465. The minimum Gasteiger partial charge on any atom is -0.417 e. The third-order valence-electron chi connectivity index (χ3n) is 9.45. The zero-order chi connectivity index (χ0) is 39.9. The maximum atomic E-state index is 14.2. The molecule has 2 fully saturated rings. The van der Waals surface area contributed by atoms with Gasteiger partial charge in [-0.05, 0) is 49.6 Å². The summed E-state index contributed by atoms with van der Waals surface area (Å²) in [6.45, 7) is -0.335. The molecule has 4 aliphatic rings. The number of fused-ring (bicyclic) bond motifs is 10. The highest BCUT2D eigenvalue weighted by Crippen LogP contribution is 2.41. The van der Waals surface area contributed by atoms with Gasteiger partial charge in [0.05, 0.1) is 11.3 Å². The van der Waals surface area contributed by atoms with Crippen LogP contribution in [0.1, 0.15) is 56.7 Å². The van der Waals surface area contributed by atoms with Crippen molar-refractivity contribution in [1.82, 2.24) is 20.8 Å². The second-order valence-electron chi connectivity index (χ2n) is 13.0. The molecule has 2 saturated heterocycles. The molecule has 3 aromatic carbocycles. The van der Waals surface area contributed by atoms with Crippen molar-refractivity contribution in [3.8, 4) is 5.75 Å². The fraction of sp³-hybridized carbons (Fsp3) is 0.314. The van der Waals surface area contributed by atoms with Crippen LogP contribution in [0.15, 0.2) is 60.7 Å². The molecule has 2 bridgehead atoms. The molecule has 2 unspecified atom stereocenters. The lowest BCUT2D eigenvalue weighted by Crippen LogP contribution is -2.64. The first-order valence-electron chi connectivity index (χ1n) is 17.2. The van der Waals surface area contributed by atoms with E-state index < -0.39 is 77.2 Å². The van der Waals surface area contributed by atoms with E-state index in [-0.39, 0.29) is 53.7 Å². The third kappa shape index (κ3) is 7.37. The van der Waals surface area contributed by atoms with Crippen molar-refractivity contribution in [2.24, 2.45) is 11.6 Å². The highest BCUT2D eigenvalue weighted by atomic mass is 19.4. The summed E-state index contributed by atoms with van der Waals surface area (Å²) in [5, 5.41) is 3.10. The maximum Gasteiger partial charge on any atom is 0.491 e. The second-order valence-corrected chi connectivity index (χ2v) is 13.0. The number of nitrogens with two attached hydrogens (primary N) is 2. The van der Waals surface area contributed by atoms with Gasteiger partial charge in [0.1, 0.15) is 24.3 Å². The molecule has 0 aromatic heterocycles. The Morgan fingerprint density at radius 1 is 0.839 bits per heavy atom. The molecule has 0 spiro atoms. The van der Waals surface area contributed by atoms with Crippen LogP contribution < -0.4 is 32.0 Å². The van der Waals surface area contributed by atoms with Crippen LogP contribution in [0.4, 0.5) is 24.5 Å². The van der Waals surface area contributed by atoms with Gasteiger partial charge in [-0.3, -0.25) is 29.0 Å². The molecule has 21 heteroatoms. The van der Waals surface area contributed by atoms with Crippen molar-refractivity contribution in [3.63, 3.8) is 0 Å². The average molecular weight is 783 g/mol. The number of nitrogens with zero attached hydrogens (tertiary/aromatic N) is 5. The summed E-state index contributed by atoms with van der Waals surface area (Å²) in [5.74, 6) is -1.32. The summed E-state index contributed by atoms with van der Waals surface area (Å²) < 4.78 is 45.9. The van der Waals surface area contributed by atoms with E-state index in [1.54, 1.807) is 29.2 Å². The van der Waals surface area contributed by atoms with Crippen LogP contribution in [0.3, 0.4) is 0 Å². The molecule has 3 aromatic rings. The molecule has 294 valence electrons. The Bertz CT molecular complexity index is 2120. The van der Waals surface area contributed by atoms with E-state index >= 15 is 0 Å². The number of hydrogen-bond donors (Lipinski definition) is 3. The van der Waals surface area contributed by atoms with Crippen molar-refractivity contribution >= 4 is 46.8 Å². The zero-order valence-electron chi connectivity index (χ0n) is 29.2. The van der Waals surface area contributed by atoms with Gasteiger partial charge in [0.25, 0.3) is 0 Å². The molecular weight excluding hydrogens is 749 g/mol. The van der Waals surface area contributed by atoms with Gasteiger partial charge < -0.3 is 10.5 Å². The monoisotopic (exact) mass is 782 g/mol. The van der Waals surface area contributed by atoms with Crippen LogP contribution >= 0.6 is 0 Å². The molecule has 7 rings (SSSR count). The Morgan fingerprint density at radius 3 is 2.27 bits per heavy atom. The molecule has 5 N–H and O–H groups in total. The summed E-state index contributed by atoms with van der Waals surface area (Å²) in [6, 6.07) is 11.8. The first kappa shape index (κ1) is 38.3. The number of ether oxygens (including phenoxy) is 1. The first-order chi connectivity index (χ1) is 26.7. The predicted molar refractivity (Wildman–Crippen MR) is 183 cm³/mol. The van der Waals surface area contributed by atoms with Gasteiger partial charge in [0.15, 0.2) is 17.3 Å². The number of ketones is 2. The van der Waals surface area contributed by atoms with Crippen molar-refractivity contribution in [3.05, 3.63) is 88.5 Å². The van der Waals surface area contributed by atoms with Crippen LogP contribution in [-0.4, -0.2) is 95.3 Å². The number of esters is 1. The van der Waals surface area contributed by atoms with E-state index in [1.165, 1.54) is 34.5 Å². The Balaban J connectivity index is 1.42. The molecule has 1 aliphatic carbocycles. The van der Waals surface area contributed by atoms with Crippen molar-refractivity contribution in [1.29, 1.82) is 0 Å². The summed E-state index contributed by atoms with van der Waals surface area (Å²) >= 11 is 0. The molecule has 56 heavy (non-hydrogen) atoms. The molecule has 3 atom stereocenters. The lowest BCUT2D eigenvalue weighted by Gasteiger charge is -2.43. The number of anilines is 2. The fourth-order valence-electron chi connectivity index (χ4n) is 6.90. The van der Waals surface area contributed by atoms with Crippen LogP contribution in [0.5, 0.6) is 5.75 Å². The van der Waals surface area contributed by atoms with E-state index in [0.29, 0.717) is 24.9 Å². The SMILES string of the molecule is NC1Cc2ccccc2N2NCC(=O)ON(OC1=O)OC(=O)[C@H]1CCCN1CCCN2N(N)c1c(OC(=O)C(F)(F)F)ccc2c1C(=O)c1ccccc1C2=O. The van der Waals surface area contributed by atoms with Gasteiger partial charge in [0.2, 0.25) is 5.39 Å². The highest BCUT2D eigenvalue weighted by molar-refractivity contribution is 6.30. The Labute approximate surface area is 314 Å². The van der Waals surface area contributed by atoms with Gasteiger partial charge in [-0.15, -0.1) is 5.12 Å². The summed E-state index contributed by atoms with van der Waals surface area (Å²) in [7, 11) is 0. The summed E-state index contributed by atoms with van der Waals surface area (Å²) in [5.41, 5.74) is 8.18. The Morgan fingerprint density at radius 2 is 1.52 bits per heavy atom. The van der Waals surface area contributed by atoms with E-state index in [1.807, 2.05) is 0 Å². The zero-order valence-corrected chi connectivity index (χ0v) is 29.2. The number of benzene rings is 3. The Hall–Kier alpha value is -5.97. The fourth-order valence-corrected chi connectivity index (χ4v) is 6.90. The number of alkyl halides is 3. The number of carbonyl (C=O) groups is 6. The van der Waals surface area contributed by atoms with Crippen LogP contribution in [-0.2, 0) is 40.1 Å². The van der Waals surface area contributed by atoms with E-state index in [9.17, 15) is 41.9 Å². The molecular formula is C35H33F3N8O10. The smallest absolute Gasteiger partial charge is 0.417 e. The predicted octanol–water partition coefficient (Wildman–Crippen LogP) is 1.18. The number of rotatable bonds is 3. The quantitative estimate of drug-likeness (QED) is 0.115. The topological polar surface area (TPSA) is 220 Å². The molecule has 0 saturated carbocycles. The van der Waals surface area contributed by atoms with Crippen molar-refractivity contribution in [2.45, 2.75) is 43.9 Å². The van der Waals surface area contributed by atoms with Crippen molar-refractivity contribution in [2.75, 3.05) is 36.4 Å². The van der Waals surface area contributed by atoms with Crippen LogP contribution in [0, 0.1) is 0 Å². The van der Waals surface area contributed by atoms with Gasteiger partial charge >= 0.3 is 30.1 Å². The standard InChI is InChI=1S/C35H33F3N8O10/c36-35(37,38)34(52)53-26-13-12-22-28(31(49)21-9-3-2-8-20(21)30(22)48)29(26)44(40)43-16-6-15-42-14-5-11-25(42)33(51)56-46-54-27(47)18-41-45(43)24-10-4-1-7-19(24)17-23(39)32(50)55-46/h1-4,7-10,12-13,23,25,41H,5-6,11,14-18,39-40H2/t23?,25-/m1/s1. The lowest BCUT2D eigenvalue weighted by atomic mass is 9.83. The molecule has 0 radical (unpaired) electrons. The molecule has 3 aliphatic heterocycles. The van der Waals surface area contributed by atoms with E-state index in [4.69, 9.17) is 30.8 Å². The normalized spacial score (nSPS) is 22.4. The highest BCUT2D eigenvalue weighted by Gasteiger charge is 2.44. The van der Waals surface area contributed by atoms with Crippen LogP contribution in [0.25, 0.3) is 0 Å². The second kappa shape index (κ2) is 15.3. The third-order valence-corrected chi connectivity index (χ3v) is 9.45. The largest absolute Gasteiger partial charge is 0.491 e. The molecule has 0 amide bonds. The summed E-state index contributed by atoms with van der Waals surface area (Å²) in [4.78, 5) is 97.2. The van der Waals surface area contributed by atoms with E-state index in [0.717, 1.165) is 17.3 Å². The number of carbonyl (C=O) groups excluding carboxylic acids is 6. The molecule has 18 nitrogen and oxygen atoms in total. The number of hydrogen-bond acceptors (Lipinski definition) is 18.